The molecular weight excluding hydrogens is 508 g/mol. The number of aliphatic imine (C=N–C) groups is 1. The van der Waals surface area contributed by atoms with Gasteiger partial charge in [-0.25, -0.2) is 23.5 Å². The number of nitrogens with zero attached hydrogens (tertiary/aromatic N) is 5. The maximum absolute atomic E-state index is 13.6. The van der Waals surface area contributed by atoms with Crippen LogP contribution in [-0.4, -0.2) is 50.1 Å². The van der Waals surface area contributed by atoms with Crippen molar-refractivity contribution in [2.75, 3.05) is 23.7 Å². The van der Waals surface area contributed by atoms with Crippen LogP contribution in [0.4, 0.5) is 25.2 Å². The Kier molecular flexibility index (Phi) is 6.67. The highest BCUT2D eigenvalue weighted by atomic mass is 32.2. The standard InChI is InChI=1S/C27H25F2N7OS/c28-18-3-1-17(2-4-18)23-24(36-15-16-38-27(36)34-23)22-9-12-30-25(33-22)31-21-10-13-35(14-11-21)26(37)32-20-7-5-19(29)6-8-20/h1-9,12,15-16,21,23-24H,10-11,13-14H2,(H,32,37)(H,30,31,33). The molecule has 4 heterocycles. The predicted octanol–water partition coefficient (Wildman–Crippen LogP) is 5.54. The number of amidine groups is 1. The van der Waals surface area contributed by atoms with Gasteiger partial charge in [0.2, 0.25) is 5.95 Å². The van der Waals surface area contributed by atoms with Crippen molar-refractivity contribution in [2.45, 2.75) is 31.0 Å². The van der Waals surface area contributed by atoms with Crippen LogP contribution >= 0.6 is 11.8 Å². The molecule has 38 heavy (non-hydrogen) atoms. The van der Waals surface area contributed by atoms with E-state index in [1.54, 1.807) is 47.1 Å². The summed E-state index contributed by atoms with van der Waals surface area (Å²) >= 11 is 1.56. The van der Waals surface area contributed by atoms with Gasteiger partial charge in [0.15, 0.2) is 5.17 Å². The summed E-state index contributed by atoms with van der Waals surface area (Å²) in [6, 6.07) is 13.6. The third-order valence-corrected chi connectivity index (χ3v) is 7.65. The highest BCUT2D eigenvalue weighted by Gasteiger charge is 2.40. The van der Waals surface area contributed by atoms with E-state index in [1.807, 2.05) is 17.7 Å². The van der Waals surface area contributed by atoms with Gasteiger partial charge in [0.1, 0.15) is 23.7 Å². The Morgan fingerprint density at radius 1 is 0.974 bits per heavy atom. The molecule has 0 radical (unpaired) electrons. The minimum atomic E-state index is -0.344. The van der Waals surface area contributed by atoms with E-state index in [9.17, 15) is 13.6 Å². The normalized spacial score (nSPS) is 20.8. The fraction of sp³-hybridized carbons (Fsp3) is 0.259. The molecule has 0 bridgehead atoms. The summed E-state index contributed by atoms with van der Waals surface area (Å²) in [4.78, 5) is 30.6. The van der Waals surface area contributed by atoms with E-state index in [1.165, 1.54) is 24.3 Å². The molecule has 3 aromatic rings. The third kappa shape index (κ3) is 5.06. The molecule has 1 saturated heterocycles. The lowest BCUT2D eigenvalue weighted by atomic mass is 9.97. The van der Waals surface area contributed by atoms with Crippen LogP contribution in [0.1, 0.15) is 36.2 Å². The number of aromatic nitrogens is 2. The van der Waals surface area contributed by atoms with Crippen LogP contribution in [0, 0.1) is 11.6 Å². The second-order valence-electron chi connectivity index (χ2n) is 9.31. The van der Waals surface area contributed by atoms with Gasteiger partial charge in [-0.3, -0.25) is 4.99 Å². The van der Waals surface area contributed by atoms with Gasteiger partial charge in [-0.15, -0.1) is 0 Å². The lowest BCUT2D eigenvalue weighted by molar-refractivity contribution is 0.197. The maximum Gasteiger partial charge on any atom is 0.321 e. The first-order valence-corrected chi connectivity index (χ1v) is 13.3. The Hall–Kier alpha value is -3.99. The number of piperidine rings is 1. The number of nitrogens with one attached hydrogen (secondary N) is 2. The van der Waals surface area contributed by atoms with Crippen LogP contribution in [0.2, 0.25) is 0 Å². The van der Waals surface area contributed by atoms with Crippen LogP contribution in [0.3, 0.4) is 0 Å². The summed E-state index contributed by atoms with van der Waals surface area (Å²) in [5.41, 5.74) is 2.30. The van der Waals surface area contributed by atoms with Crippen molar-refractivity contribution >= 4 is 34.6 Å². The van der Waals surface area contributed by atoms with E-state index in [-0.39, 0.29) is 35.8 Å². The molecule has 2 atom stereocenters. The van der Waals surface area contributed by atoms with Crippen molar-refractivity contribution in [1.29, 1.82) is 0 Å². The van der Waals surface area contributed by atoms with Gasteiger partial charge < -0.3 is 20.4 Å². The van der Waals surface area contributed by atoms with Crippen molar-refractivity contribution in [1.82, 2.24) is 19.8 Å². The fourth-order valence-electron chi connectivity index (χ4n) is 4.91. The predicted molar refractivity (Wildman–Crippen MR) is 144 cm³/mol. The van der Waals surface area contributed by atoms with Crippen LogP contribution in [0.5, 0.6) is 0 Å². The summed E-state index contributed by atoms with van der Waals surface area (Å²) in [6.07, 6.45) is 5.22. The Balaban J connectivity index is 1.11. The highest BCUT2D eigenvalue weighted by molar-refractivity contribution is 8.16. The number of carbonyl (C=O) groups is 1. The van der Waals surface area contributed by atoms with E-state index in [4.69, 9.17) is 9.98 Å². The van der Waals surface area contributed by atoms with E-state index in [2.05, 4.69) is 20.5 Å². The average molecular weight is 534 g/mol. The van der Waals surface area contributed by atoms with Crippen molar-refractivity contribution in [3.63, 3.8) is 0 Å². The summed E-state index contributed by atoms with van der Waals surface area (Å²) < 4.78 is 26.7. The van der Waals surface area contributed by atoms with Gasteiger partial charge >= 0.3 is 6.03 Å². The average Bonchev–Trinajstić information content (AvgIpc) is 3.53. The van der Waals surface area contributed by atoms with Gasteiger partial charge in [0.05, 0.1) is 5.69 Å². The number of halogens is 2. The number of thioether (sulfide) groups is 1. The van der Waals surface area contributed by atoms with Gasteiger partial charge in [-0.1, -0.05) is 23.9 Å². The fourth-order valence-corrected chi connectivity index (χ4v) is 5.69. The second-order valence-corrected chi connectivity index (χ2v) is 10.2. The molecule has 3 aliphatic rings. The quantitative estimate of drug-likeness (QED) is 0.448. The Labute approximate surface area is 222 Å². The number of anilines is 2. The van der Waals surface area contributed by atoms with E-state index >= 15 is 0 Å². The molecule has 6 rings (SSSR count). The zero-order valence-corrected chi connectivity index (χ0v) is 21.1. The molecule has 194 valence electrons. The van der Waals surface area contributed by atoms with Gasteiger partial charge in [-0.05, 0) is 66.3 Å². The monoisotopic (exact) mass is 533 g/mol. The molecule has 2 amide bonds. The number of hydrogen-bond acceptors (Lipinski definition) is 7. The molecule has 8 nitrogen and oxygen atoms in total. The summed E-state index contributed by atoms with van der Waals surface area (Å²) in [7, 11) is 0. The zero-order valence-electron chi connectivity index (χ0n) is 20.3. The lowest BCUT2D eigenvalue weighted by Crippen LogP contribution is -2.44. The van der Waals surface area contributed by atoms with E-state index in [0.717, 1.165) is 29.3 Å². The number of urea groups is 1. The van der Waals surface area contributed by atoms with Gasteiger partial charge in [0, 0.05) is 37.2 Å². The molecule has 2 unspecified atom stereocenters. The molecule has 0 saturated carbocycles. The SMILES string of the molecule is O=C(Nc1ccc(F)cc1)N1CCC(Nc2nccc(C3C(c4ccc(F)cc4)N=C4SC=CN43)n2)CC1. The number of fused-ring (bicyclic) bond motifs is 1. The molecular formula is C27H25F2N7OS. The second kappa shape index (κ2) is 10.4. The summed E-state index contributed by atoms with van der Waals surface area (Å²) in [5.74, 6) is -0.0964. The molecule has 3 aliphatic heterocycles. The van der Waals surface area contributed by atoms with Gasteiger partial charge in [0.25, 0.3) is 0 Å². The molecule has 2 N–H and O–H groups in total. The largest absolute Gasteiger partial charge is 0.351 e. The molecule has 0 spiro atoms. The molecule has 1 fully saturated rings. The van der Waals surface area contributed by atoms with E-state index < -0.39 is 0 Å². The minimum Gasteiger partial charge on any atom is -0.351 e. The smallest absolute Gasteiger partial charge is 0.321 e. The van der Waals surface area contributed by atoms with Crippen LogP contribution in [0.25, 0.3) is 0 Å². The van der Waals surface area contributed by atoms with Gasteiger partial charge in [-0.2, -0.15) is 0 Å². The number of amides is 2. The molecule has 2 aromatic carbocycles. The Morgan fingerprint density at radius 3 is 2.42 bits per heavy atom. The first kappa shape index (κ1) is 24.4. The van der Waals surface area contributed by atoms with Crippen LogP contribution in [-0.2, 0) is 0 Å². The number of rotatable bonds is 5. The molecule has 0 aliphatic carbocycles. The highest BCUT2D eigenvalue weighted by Crippen LogP contribution is 2.46. The topological polar surface area (TPSA) is 85.8 Å². The first-order chi connectivity index (χ1) is 18.5. The van der Waals surface area contributed by atoms with Crippen LogP contribution < -0.4 is 10.6 Å². The summed E-state index contributed by atoms with van der Waals surface area (Å²) in [6.45, 7) is 1.15. The zero-order chi connectivity index (χ0) is 26.1. The Morgan fingerprint density at radius 2 is 1.68 bits per heavy atom. The molecule has 1 aromatic heterocycles. The van der Waals surface area contributed by atoms with Crippen molar-refractivity contribution < 1.29 is 13.6 Å². The van der Waals surface area contributed by atoms with Crippen molar-refractivity contribution in [2.24, 2.45) is 4.99 Å². The molecule has 11 heteroatoms. The Bertz CT molecular complexity index is 1370. The third-order valence-electron chi connectivity index (χ3n) is 6.87. The number of likely N-dealkylation sites (tertiary alicyclic amines) is 1. The van der Waals surface area contributed by atoms with Crippen molar-refractivity contribution in [3.05, 3.63) is 95.3 Å². The number of benzene rings is 2. The van der Waals surface area contributed by atoms with E-state index in [0.29, 0.717) is 24.7 Å². The number of hydrogen-bond donors (Lipinski definition) is 2. The minimum absolute atomic E-state index is 0.116. The van der Waals surface area contributed by atoms with Crippen LogP contribution in [0.15, 0.2) is 77.4 Å². The lowest BCUT2D eigenvalue weighted by Gasteiger charge is -2.32. The van der Waals surface area contributed by atoms with Crippen molar-refractivity contribution in [3.8, 4) is 0 Å². The number of carbonyl (C=O) groups excluding carboxylic acids is 1. The summed E-state index contributed by atoms with van der Waals surface area (Å²) in [5, 5.41) is 9.13. The maximum atomic E-state index is 13.6. The first-order valence-electron chi connectivity index (χ1n) is 12.4.